The highest BCUT2D eigenvalue weighted by Crippen LogP contribution is 2.38. The number of fused-ring (bicyclic) bond motifs is 4. The number of piperidine rings is 3. The zero-order valence-electron chi connectivity index (χ0n) is 16.0. The van der Waals surface area contributed by atoms with E-state index in [1.807, 2.05) is 0 Å². The molecular weight excluding hydrogens is 342 g/mol. The normalized spacial score (nSPS) is 34.2. The first kappa shape index (κ1) is 17.4. The van der Waals surface area contributed by atoms with E-state index in [1.54, 1.807) is 0 Å². The first-order valence-corrected chi connectivity index (χ1v) is 10.7. The largest absolute Gasteiger partial charge is 0.339 e. The number of likely N-dealkylation sites (tertiary alicyclic amines) is 1. The molecule has 3 fully saturated rings. The Kier molecular flexibility index (Phi) is 4.34. The second-order valence-corrected chi connectivity index (χ2v) is 9.05. The van der Waals surface area contributed by atoms with Crippen LogP contribution in [0.5, 0.6) is 0 Å². The topological polar surface area (TPSA) is 60.9 Å². The number of imide groups is 1. The van der Waals surface area contributed by atoms with Gasteiger partial charge in [0.15, 0.2) is 0 Å². The highest BCUT2D eigenvalue weighted by atomic mass is 16.2. The van der Waals surface area contributed by atoms with Gasteiger partial charge < -0.3 is 9.80 Å². The van der Waals surface area contributed by atoms with Crippen LogP contribution in [0, 0.1) is 11.8 Å². The molecule has 0 aromatic rings. The van der Waals surface area contributed by atoms with Crippen LogP contribution in [0.4, 0.5) is 0 Å². The Morgan fingerprint density at radius 1 is 0.815 bits per heavy atom. The van der Waals surface area contributed by atoms with E-state index in [0.717, 1.165) is 82.3 Å². The number of hydrogen-bond donors (Lipinski definition) is 0. The van der Waals surface area contributed by atoms with Gasteiger partial charge in [-0.1, -0.05) is 0 Å². The summed E-state index contributed by atoms with van der Waals surface area (Å²) in [6.45, 7) is 4.15. The van der Waals surface area contributed by atoms with Crippen molar-refractivity contribution in [3.63, 3.8) is 0 Å². The van der Waals surface area contributed by atoms with Crippen LogP contribution >= 0.6 is 0 Å². The van der Waals surface area contributed by atoms with Crippen LogP contribution in [0.1, 0.15) is 51.4 Å². The lowest BCUT2D eigenvalue weighted by molar-refractivity contribution is -0.146. The van der Waals surface area contributed by atoms with Crippen LogP contribution in [0.3, 0.4) is 0 Å². The monoisotopic (exact) mass is 371 g/mol. The van der Waals surface area contributed by atoms with Gasteiger partial charge in [0, 0.05) is 56.3 Å². The molecule has 0 N–H and O–H groups in total. The van der Waals surface area contributed by atoms with Crippen molar-refractivity contribution in [3.05, 3.63) is 11.1 Å². The second-order valence-electron chi connectivity index (χ2n) is 9.05. The lowest BCUT2D eigenvalue weighted by Gasteiger charge is -2.52. The standard InChI is InChI=1S/C21H29N3O3/c25-19-7-3-6-18-15-10-14(12-24(18)19)11-22(13-15)8-9-23-20(26)16-4-1-2-5-17(16)21(23)27/h14-15,18H,1-13H2. The van der Waals surface area contributed by atoms with E-state index in [4.69, 9.17) is 0 Å². The van der Waals surface area contributed by atoms with Gasteiger partial charge >= 0.3 is 0 Å². The fourth-order valence-corrected chi connectivity index (χ4v) is 6.13. The summed E-state index contributed by atoms with van der Waals surface area (Å²) in [5.41, 5.74) is 1.58. The summed E-state index contributed by atoms with van der Waals surface area (Å²) in [4.78, 5) is 43.6. The summed E-state index contributed by atoms with van der Waals surface area (Å²) in [7, 11) is 0. The van der Waals surface area contributed by atoms with Crippen LogP contribution in [0.2, 0.25) is 0 Å². The number of carbonyl (C=O) groups is 3. The van der Waals surface area contributed by atoms with Crippen LogP contribution in [-0.2, 0) is 14.4 Å². The Balaban J connectivity index is 1.21. The molecule has 5 aliphatic rings. The Morgan fingerprint density at radius 2 is 1.56 bits per heavy atom. The van der Waals surface area contributed by atoms with Crippen LogP contribution < -0.4 is 0 Å². The molecule has 4 aliphatic heterocycles. The van der Waals surface area contributed by atoms with Crippen LogP contribution in [0.15, 0.2) is 11.1 Å². The van der Waals surface area contributed by atoms with Gasteiger partial charge in [-0.25, -0.2) is 0 Å². The summed E-state index contributed by atoms with van der Waals surface area (Å²) in [6.07, 6.45) is 7.70. The molecule has 6 nitrogen and oxygen atoms in total. The van der Waals surface area contributed by atoms with E-state index in [1.165, 1.54) is 11.3 Å². The molecule has 4 heterocycles. The van der Waals surface area contributed by atoms with Crippen molar-refractivity contribution in [2.24, 2.45) is 11.8 Å². The first-order chi connectivity index (χ1) is 13.1. The van der Waals surface area contributed by atoms with Gasteiger partial charge in [-0.15, -0.1) is 0 Å². The first-order valence-electron chi connectivity index (χ1n) is 10.7. The Hall–Kier alpha value is -1.69. The summed E-state index contributed by atoms with van der Waals surface area (Å²) in [5.74, 6) is 1.38. The molecule has 1 aliphatic carbocycles. The molecule has 0 radical (unpaired) electrons. The van der Waals surface area contributed by atoms with Gasteiger partial charge in [0.05, 0.1) is 0 Å². The number of amides is 3. The summed E-state index contributed by atoms with van der Waals surface area (Å²) in [5, 5.41) is 0. The average Bonchev–Trinajstić information content (AvgIpc) is 2.92. The van der Waals surface area contributed by atoms with Crippen LogP contribution in [0.25, 0.3) is 0 Å². The molecular formula is C21H29N3O3. The van der Waals surface area contributed by atoms with Gasteiger partial charge in [0.25, 0.3) is 11.8 Å². The third-order valence-corrected chi connectivity index (χ3v) is 7.37. The van der Waals surface area contributed by atoms with E-state index in [0.29, 0.717) is 30.3 Å². The fraction of sp³-hybridized carbons (Fsp3) is 0.762. The van der Waals surface area contributed by atoms with Crippen molar-refractivity contribution >= 4 is 17.7 Å². The zero-order chi connectivity index (χ0) is 18.5. The lowest BCUT2D eigenvalue weighted by Crippen LogP contribution is -2.61. The highest BCUT2D eigenvalue weighted by Gasteiger charge is 2.44. The Bertz CT molecular complexity index is 687. The molecule has 5 rings (SSSR count). The summed E-state index contributed by atoms with van der Waals surface area (Å²) >= 11 is 0. The molecule has 2 bridgehead atoms. The van der Waals surface area contributed by atoms with Gasteiger partial charge in [0.2, 0.25) is 5.91 Å². The summed E-state index contributed by atoms with van der Waals surface area (Å²) < 4.78 is 0. The lowest BCUT2D eigenvalue weighted by atomic mass is 9.76. The second kappa shape index (κ2) is 6.73. The Morgan fingerprint density at radius 3 is 2.30 bits per heavy atom. The SMILES string of the molecule is O=C1C2=C(CCCC2)C(=O)N1CCN1CC2CC(C1)C1CCCC(=O)N1C2. The van der Waals surface area contributed by atoms with E-state index in [2.05, 4.69) is 9.80 Å². The summed E-state index contributed by atoms with van der Waals surface area (Å²) in [6, 6.07) is 0.411. The van der Waals surface area contributed by atoms with Crippen molar-refractivity contribution in [2.75, 3.05) is 32.7 Å². The predicted molar refractivity (Wildman–Crippen MR) is 99.6 cm³/mol. The van der Waals surface area contributed by atoms with Crippen molar-refractivity contribution in [1.82, 2.24) is 14.7 Å². The van der Waals surface area contributed by atoms with Crippen molar-refractivity contribution < 1.29 is 14.4 Å². The van der Waals surface area contributed by atoms with Gasteiger partial charge in [-0.05, 0) is 56.8 Å². The molecule has 27 heavy (non-hydrogen) atoms. The zero-order valence-corrected chi connectivity index (χ0v) is 16.0. The molecule has 0 spiro atoms. The van der Waals surface area contributed by atoms with Crippen molar-refractivity contribution in [2.45, 2.75) is 57.4 Å². The van der Waals surface area contributed by atoms with Crippen LogP contribution in [-0.4, -0.2) is 71.2 Å². The number of nitrogens with zero attached hydrogens (tertiary/aromatic N) is 3. The van der Waals surface area contributed by atoms with Crippen molar-refractivity contribution in [3.8, 4) is 0 Å². The average molecular weight is 371 g/mol. The van der Waals surface area contributed by atoms with Gasteiger partial charge in [0.1, 0.15) is 0 Å². The fourth-order valence-electron chi connectivity index (χ4n) is 6.13. The van der Waals surface area contributed by atoms with E-state index >= 15 is 0 Å². The maximum absolute atomic E-state index is 12.6. The molecule has 0 saturated carbocycles. The predicted octanol–water partition coefficient (Wildman–Crippen LogP) is 1.56. The smallest absolute Gasteiger partial charge is 0.257 e. The third-order valence-electron chi connectivity index (χ3n) is 7.37. The Labute approximate surface area is 160 Å². The molecule has 6 heteroatoms. The maximum atomic E-state index is 12.6. The van der Waals surface area contributed by atoms with E-state index in [-0.39, 0.29) is 11.8 Å². The highest BCUT2D eigenvalue weighted by molar-refractivity contribution is 6.19. The van der Waals surface area contributed by atoms with E-state index in [9.17, 15) is 14.4 Å². The number of carbonyl (C=O) groups excluding carboxylic acids is 3. The molecule has 3 atom stereocenters. The molecule has 3 saturated heterocycles. The minimum atomic E-state index is -0.0315. The third kappa shape index (κ3) is 2.93. The number of hydrogen-bond acceptors (Lipinski definition) is 4. The molecule has 146 valence electrons. The quantitative estimate of drug-likeness (QED) is 0.707. The molecule has 3 amide bonds. The maximum Gasteiger partial charge on any atom is 0.257 e. The minimum Gasteiger partial charge on any atom is -0.339 e. The molecule has 3 unspecified atom stereocenters. The number of rotatable bonds is 3. The van der Waals surface area contributed by atoms with Gasteiger partial charge in [-0.2, -0.15) is 0 Å². The van der Waals surface area contributed by atoms with Crippen molar-refractivity contribution in [1.29, 1.82) is 0 Å². The molecule has 0 aromatic carbocycles. The minimum absolute atomic E-state index is 0.0315. The molecule has 0 aromatic heterocycles. The van der Waals surface area contributed by atoms with Gasteiger partial charge in [-0.3, -0.25) is 19.3 Å². The van der Waals surface area contributed by atoms with E-state index < -0.39 is 0 Å².